The molecular formula is C11H23N3O2. The Hall–Kier alpha value is -0.650. The van der Waals surface area contributed by atoms with Crippen LogP contribution in [-0.2, 0) is 4.74 Å². The molecule has 0 aromatic rings. The Labute approximate surface area is 97.1 Å². The second-order valence-corrected chi connectivity index (χ2v) is 5.02. The largest absolute Gasteiger partial charge is 0.394 e. The SMILES string of the molecule is CC(C)(CCN1CCOC(CO)C1)C(=N)N. The average molecular weight is 229 g/mol. The van der Waals surface area contributed by atoms with Crippen LogP contribution in [0, 0.1) is 10.8 Å². The molecule has 0 bridgehead atoms. The summed E-state index contributed by atoms with van der Waals surface area (Å²) in [4.78, 5) is 2.26. The van der Waals surface area contributed by atoms with Crippen LogP contribution in [-0.4, -0.2) is 54.8 Å². The Morgan fingerprint density at radius 1 is 1.62 bits per heavy atom. The van der Waals surface area contributed by atoms with E-state index in [1.807, 2.05) is 13.8 Å². The lowest BCUT2D eigenvalue weighted by Gasteiger charge is -2.34. The summed E-state index contributed by atoms with van der Waals surface area (Å²) in [7, 11) is 0. The summed E-state index contributed by atoms with van der Waals surface area (Å²) in [6, 6.07) is 0. The number of amidine groups is 1. The third kappa shape index (κ3) is 3.73. The Morgan fingerprint density at radius 2 is 2.31 bits per heavy atom. The van der Waals surface area contributed by atoms with Gasteiger partial charge in [0, 0.05) is 18.5 Å². The number of hydrogen-bond donors (Lipinski definition) is 3. The number of morpholine rings is 1. The average Bonchev–Trinajstić information content (AvgIpc) is 2.26. The first-order valence-electron chi connectivity index (χ1n) is 5.75. The lowest BCUT2D eigenvalue weighted by Crippen LogP contribution is -2.45. The number of ether oxygens (including phenoxy) is 1. The number of hydrogen-bond acceptors (Lipinski definition) is 4. The quantitative estimate of drug-likeness (QED) is 0.459. The maximum Gasteiger partial charge on any atom is 0.0963 e. The van der Waals surface area contributed by atoms with Crippen molar-refractivity contribution < 1.29 is 9.84 Å². The molecule has 4 N–H and O–H groups in total. The number of nitrogens with zero attached hydrogens (tertiary/aromatic N) is 1. The molecule has 1 aliphatic rings. The Kier molecular flexibility index (Phi) is 4.70. The van der Waals surface area contributed by atoms with E-state index in [-0.39, 0.29) is 24.0 Å². The van der Waals surface area contributed by atoms with Crippen LogP contribution in [0.15, 0.2) is 0 Å². The van der Waals surface area contributed by atoms with E-state index < -0.39 is 0 Å². The standard InChI is InChI=1S/C11H23N3O2/c1-11(2,10(12)13)3-4-14-5-6-16-9(7-14)8-15/h9,15H,3-8H2,1-2H3,(H3,12,13). The molecule has 1 unspecified atom stereocenters. The van der Waals surface area contributed by atoms with Crippen LogP contribution in [0.25, 0.3) is 0 Å². The highest BCUT2D eigenvalue weighted by atomic mass is 16.5. The number of aliphatic hydroxyl groups is 1. The molecular weight excluding hydrogens is 206 g/mol. The topological polar surface area (TPSA) is 82.6 Å². The van der Waals surface area contributed by atoms with Gasteiger partial charge in [0.25, 0.3) is 0 Å². The summed E-state index contributed by atoms with van der Waals surface area (Å²) in [5.41, 5.74) is 5.30. The van der Waals surface area contributed by atoms with Gasteiger partial charge in [-0.1, -0.05) is 13.8 Å². The molecule has 1 fully saturated rings. The van der Waals surface area contributed by atoms with E-state index in [2.05, 4.69) is 4.90 Å². The molecule has 0 radical (unpaired) electrons. The zero-order chi connectivity index (χ0) is 12.2. The molecule has 94 valence electrons. The van der Waals surface area contributed by atoms with Crippen LogP contribution in [0.3, 0.4) is 0 Å². The number of nitrogens with one attached hydrogen (secondary N) is 1. The minimum absolute atomic E-state index is 0.0609. The first kappa shape index (κ1) is 13.4. The second kappa shape index (κ2) is 5.61. The van der Waals surface area contributed by atoms with Crippen molar-refractivity contribution in [3.8, 4) is 0 Å². The van der Waals surface area contributed by atoms with Crippen LogP contribution < -0.4 is 5.73 Å². The van der Waals surface area contributed by atoms with E-state index in [1.54, 1.807) is 0 Å². The molecule has 1 rings (SSSR count). The van der Waals surface area contributed by atoms with Gasteiger partial charge in [-0.3, -0.25) is 10.3 Å². The Morgan fingerprint density at radius 3 is 2.88 bits per heavy atom. The highest BCUT2D eigenvalue weighted by molar-refractivity contribution is 5.82. The fraction of sp³-hybridized carbons (Fsp3) is 0.909. The third-order valence-corrected chi connectivity index (χ3v) is 3.21. The fourth-order valence-corrected chi connectivity index (χ4v) is 1.67. The molecule has 0 amide bonds. The van der Waals surface area contributed by atoms with Crippen molar-refractivity contribution in [3.05, 3.63) is 0 Å². The molecule has 1 saturated heterocycles. The molecule has 5 heteroatoms. The van der Waals surface area contributed by atoms with Gasteiger partial charge in [-0.05, 0) is 13.0 Å². The summed E-state index contributed by atoms with van der Waals surface area (Å²) in [5.74, 6) is 0.236. The van der Waals surface area contributed by atoms with Crippen LogP contribution in [0.2, 0.25) is 0 Å². The van der Waals surface area contributed by atoms with Crippen LogP contribution in [0.5, 0.6) is 0 Å². The van der Waals surface area contributed by atoms with E-state index in [1.165, 1.54) is 0 Å². The smallest absolute Gasteiger partial charge is 0.0963 e. The van der Waals surface area contributed by atoms with Crippen molar-refractivity contribution in [3.63, 3.8) is 0 Å². The van der Waals surface area contributed by atoms with E-state index in [9.17, 15) is 0 Å². The van der Waals surface area contributed by atoms with E-state index in [4.69, 9.17) is 21.0 Å². The van der Waals surface area contributed by atoms with Gasteiger partial charge in [0.15, 0.2) is 0 Å². The van der Waals surface area contributed by atoms with Crippen molar-refractivity contribution in [1.82, 2.24) is 4.90 Å². The number of aliphatic hydroxyl groups excluding tert-OH is 1. The summed E-state index contributed by atoms with van der Waals surface area (Å²) < 4.78 is 5.38. The van der Waals surface area contributed by atoms with Gasteiger partial charge >= 0.3 is 0 Å². The summed E-state index contributed by atoms with van der Waals surface area (Å²) >= 11 is 0. The van der Waals surface area contributed by atoms with Gasteiger partial charge in [0.05, 0.1) is 25.2 Å². The van der Waals surface area contributed by atoms with Gasteiger partial charge in [-0.2, -0.15) is 0 Å². The zero-order valence-electron chi connectivity index (χ0n) is 10.2. The van der Waals surface area contributed by atoms with Gasteiger partial charge in [-0.15, -0.1) is 0 Å². The first-order chi connectivity index (χ1) is 7.45. The molecule has 0 aromatic heterocycles. The maximum absolute atomic E-state index is 9.02. The predicted molar refractivity (Wildman–Crippen MR) is 63.6 cm³/mol. The van der Waals surface area contributed by atoms with E-state index in [0.717, 1.165) is 26.1 Å². The highest BCUT2D eigenvalue weighted by Gasteiger charge is 2.25. The minimum Gasteiger partial charge on any atom is -0.394 e. The molecule has 0 aliphatic carbocycles. The summed E-state index contributed by atoms with van der Waals surface area (Å²) in [6.45, 7) is 7.28. The fourth-order valence-electron chi connectivity index (χ4n) is 1.67. The molecule has 1 atom stereocenters. The molecule has 5 nitrogen and oxygen atoms in total. The summed E-state index contributed by atoms with van der Waals surface area (Å²) in [5, 5.41) is 16.5. The number of nitrogens with two attached hydrogens (primary N) is 1. The van der Waals surface area contributed by atoms with Gasteiger partial charge in [0.2, 0.25) is 0 Å². The van der Waals surface area contributed by atoms with Gasteiger partial charge in [-0.25, -0.2) is 0 Å². The van der Waals surface area contributed by atoms with Crippen LogP contribution in [0.1, 0.15) is 20.3 Å². The van der Waals surface area contributed by atoms with Crippen LogP contribution in [0.4, 0.5) is 0 Å². The normalized spacial score (nSPS) is 23.3. The molecule has 16 heavy (non-hydrogen) atoms. The predicted octanol–water partition coefficient (Wildman–Crippen LogP) is 0.0318. The van der Waals surface area contributed by atoms with Crippen molar-refractivity contribution in [2.24, 2.45) is 11.1 Å². The lowest BCUT2D eigenvalue weighted by atomic mass is 9.88. The molecule has 0 saturated carbocycles. The van der Waals surface area contributed by atoms with E-state index in [0.29, 0.717) is 6.61 Å². The van der Waals surface area contributed by atoms with Gasteiger partial charge < -0.3 is 15.6 Å². The lowest BCUT2D eigenvalue weighted by molar-refractivity contribution is -0.0539. The minimum atomic E-state index is -0.243. The van der Waals surface area contributed by atoms with Crippen LogP contribution >= 0.6 is 0 Å². The first-order valence-corrected chi connectivity index (χ1v) is 5.75. The molecule has 0 spiro atoms. The molecule has 0 aromatic carbocycles. The van der Waals surface area contributed by atoms with Gasteiger partial charge in [0.1, 0.15) is 0 Å². The Balaban J connectivity index is 2.35. The van der Waals surface area contributed by atoms with Crippen molar-refractivity contribution >= 4 is 5.84 Å². The maximum atomic E-state index is 9.02. The number of rotatable bonds is 5. The van der Waals surface area contributed by atoms with Crippen molar-refractivity contribution in [2.75, 3.05) is 32.8 Å². The van der Waals surface area contributed by atoms with Crippen molar-refractivity contribution in [2.45, 2.75) is 26.4 Å². The van der Waals surface area contributed by atoms with E-state index >= 15 is 0 Å². The monoisotopic (exact) mass is 229 g/mol. The Bertz CT molecular complexity index is 243. The molecule has 1 aliphatic heterocycles. The zero-order valence-corrected chi connectivity index (χ0v) is 10.2. The second-order valence-electron chi connectivity index (χ2n) is 5.02. The third-order valence-electron chi connectivity index (χ3n) is 3.21. The van der Waals surface area contributed by atoms with Crippen molar-refractivity contribution in [1.29, 1.82) is 5.41 Å². The highest BCUT2D eigenvalue weighted by Crippen LogP contribution is 2.20. The summed E-state index contributed by atoms with van der Waals surface area (Å²) in [6.07, 6.45) is 0.801. The molecule has 1 heterocycles.